The van der Waals surface area contributed by atoms with E-state index in [2.05, 4.69) is 0 Å². The van der Waals surface area contributed by atoms with Gasteiger partial charge in [-0.1, -0.05) is 36.4 Å². The third-order valence-corrected chi connectivity index (χ3v) is 7.04. The van der Waals surface area contributed by atoms with Gasteiger partial charge in [-0.15, -0.1) is 0 Å². The van der Waals surface area contributed by atoms with Gasteiger partial charge in [0.2, 0.25) is 10.0 Å². The standard InChI is InChI=1S/C20H23NO4S/c1-14-8-9-18(20(22)23)12-19(14)26(24,25)21(15(2)17-10-11-17)13-16-6-4-3-5-7-16/h3-9,12,15,17H,10-11,13H2,1-2H3,(H,22,23). The van der Waals surface area contributed by atoms with Crippen molar-refractivity contribution in [2.75, 3.05) is 0 Å². The number of carboxylic acids is 1. The molecule has 1 fully saturated rings. The predicted octanol–water partition coefficient (Wildman–Crippen LogP) is 3.68. The van der Waals surface area contributed by atoms with Gasteiger partial charge < -0.3 is 5.11 Å². The Hall–Kier alpha value is -2.18. The first kappa shape index (κ1) is 18.6. The van der Waals surface area contributed by atoms with E-state index in [0.29, 0.717) is 11.5 Å². The number of carbonyl (C=O) groups is 1. The van der Waals surface area contributed by atoms with Crippen molar-refractivity contribution < 1.29 is 18.3 Å². The summed E-state index contributed by atoms with van der Waals surface area (Å²) < 4.78 is 28.4. The van der Waals surface area contributed by atoms with Crippen LogP contribution in [0.25, 0.3) is 0 Å². The monoisotopic (exact) mass is 373 g/mol. The molecule has 138 valence electrons. The number of hydrogen-bond acceptors (Lipinski definition) is 3. The number of aryl methyl sites for hydroxylation is 1. The minimum absolute atomic E-state index is 0.0205. The van der Waals surface area contributed by atoms with E-state index in [1.54, 1.807) is 13.0 Å². The highest BCUT2D eigenvalue weighted by atomic mass is 32.2. The Morgan fingerprint density at radius 3 is 2.42 bits per heavy atom. The van der Waals surface area contributed by atoms with Gasteiger partial charge in [0.1, 0.15) is 0 Å². The molecule has 1 N–H and O–H groups in total. The van der Waals surface area contributed by atoms with Gasteiger partial charge in [-0.05, 0) is 55.9 Å². The first-order valence-corrected chi connectivity index (χ1v) is 10.1. The van der Waals surface area contributed by atoms with E-state index < -0.39 is 16.0 Å². The molecule has 1 atom stereocenters. The van der Waals surface area contributed by atoms with Crippen molar-refractivity contribution >= 4 is 16.0 Å². The van der Waals surface area contributed by atoms with Gasteiger partial charge >= 0.3 is 5.97 Å². The summed E-state index contributed by atoms with van der Waals surface area (Å²) in [6.07, 6.45) is 2.05. The lowest BCUT2D eigenvalue weighted by Crippen LogP contribution is -2.39. The number of sulfonamides is 1. The maximum atomic E-state index is 13.4. The highest BCUT2D eigenvalue weighted by Gasteiger charge is 2.39. The Labute approximate surface area is 154 Å². The average Bonchev–Trinajstić information content (AvgIpc) is 3.45. The van der Waals surface area contributed by atoms with Gasteiger partial charge in [0.15, 0.2) is 0 Å². The first-order chi connectivity index (χ1) is 12.3. The van der Waals surface area contributed by atoms with Crippen LogP contribution in [0.1, 0.15) is 41.3 Å². The lowest BCUT2D eigenvalue weighted by atomic mass is 10.1. The fraction of sp³-hybridized carbons (Fsp3) is 0.350. The maximum Gasteiger partial charge on any atom is 0.335 e. The van der Waals surface area contributed by atoms with Crippen molar-refractivity contribution in [3.05, 3.63) is 65.2 Å². The molecule has 2 aromatic rings. The van der Waals surface area contributed by atoms with Gasteiger partial charge in [-0.25, -0.2) is 13.2 Å². The Balaban J connectivity index is 2.04. The van der Waals surface area contributed by atoms with Crippen LogP contribution in [0, 0.1) is 12.8 Å². The lowest BCUT2D eigenvalue weighted by molar-refractivity contribution is 0.0696. The van der Waals surface area contributed by atoms with Crippen molar-refractivity contribution in [3.8, 4) is 0 Å². The van der Waals surface area contributed by atoms with Crippen molar-refractivity contribution in [3.63, 3.8) is 0 Å². The van der Waals surface area contributed by atoms with Gasteiger partial charge in [0.05, 0.1) is 10.5 Å². The molecule has 6 heteroatoms. The molecular weight excluding hydrogens is 350 g/mol. The van der Waals surface area contributed by atoms with Gasteiger partial charge in [0, 0.05) is 12.6 Å². The summed E-state index contributed by atoms with van der Waals surface area (Å²) in [5, 5.41) is 9.24. The van der Waals surface area contributed by atoms with E-state index >= 15 is 0 Å². The minimum atomic E-state index is -3.82. The third-order valence-electron chi connectivity index (χ3n) is 4.96. The number of rotatable bonds is 7. The van der Waals surface area contributed by atoms with E-state index in [1.807, 2.05) is 37.3 Å². The largest absolute Gasteiger partial charge is 0.478 e. The summed E-state index contributed by atoms with van der Waals surface area (Å²) >= 11 is 0. The van der Waals surface area contributed by atoms with Crippen LogP contribution in [0.4, 0.5) is 0 Å². The van der Waals surface area contributed by atoms with Crippen molar-refractivity contribution in [2.45, 2.75) is 44.2 Å². The van der Waals surface area contributed by atoms with Crippen LogP contribution in [0.15, 0.2) is 53.4 Å². The molecule has 1 saturated carbocycles. The zero-order valence-corrected chi connectivity index (χ0v) is 15.7. The topological polar surface area (TPSA) is 74.7 Å². The maximum absolute atomic E-state index is 13.4. The Kier molecular flexibility index (Phi) is 5.16. The zero-order chi connectivity index (χ0) is 18.9. The number of nitrogens with zero attached hydrogens (tertiary/aromatic N) is 1. The number of carboxylic acid groups (broad SMARTS) is 1. The van der Waals surface area contributed by atoms with Gasteiger partial charge in [-0.3, -0.25) is 0 Å². The molecule has 0 radical (unpaired) electrons. The molecule has 0 saturated heterocycles. The SMILES string of the molecule is Cc1ccc(C(=O)O)cc1S(=O)(=O)N(Cc1ccccc1)C(C)C1CC1. The van der Waals surface area contributed by atoms with Crippen LogP contribution < -0.4 is 0 Å². The van der Waals surface area contributed by atoms with Gasteiger partial charge in [0.25, 0.3) is 0 Å². The van der Waals surface area contributed by atoms with Crippen LogP contribution >= 0.6 is 0 Å². The minimum Gasteiger partial charge on any atom is -0.478 e. The lowest BCUT2D eigenvalue weighted by Gasteiger charge is -2.29. The average molecular weight is 373 g/mol. The van der Waals surface area contributed by atoms with Crippen molar-refractivity contribution in [2.24, 2.45) is 5.92 Å². The third kappa shape index (κ3) is 3.81. The molecular formula is C20H23NO4S. The van der Waals surface area contributed by atoms with Crippen LogP contribution in [0.3, 0.4) is 0 Å². The molecule has 1 aliphatic carbocycles. The van der Waals surface area contributed by atoms with Crippen molar-refractivity contribution in [1.29, 1.82) is 0 Å². The van der Waals surface area contributed by atoms with E-state index in [0.717, 1.165) is 18.4 Å². The summed E-state index contributed by atoms with van der Waals surface area (Å²) in [7, 11) is -3.82. The van der Waals surface area contributed by atoms with E-state index in [4.69, 9.17) is 0 Å². The highest BCUT2D eigenvalue weighted by molar-refractivity contribution is 7.89. The second-order valence-electron chi connectivity index (χ2n) is 6.90. The summed E-state index contributed by atoms with van der Waals surface area (Å²) in [6, 6.07) is 13.6. The fourth-order valence-corrected chi connectivity index (χ4v) is 5.09. The molecule has 5 nitrogen and oxygen atoms in total. The number of hydrogen-bond donors (Lipinski definition) is 1. The molecule has 1 aliphatic rings. The van der Waals surface area contributed by atoms with Crippen LogP contribution in [-0.4, -0.2) is 29.8 Å². The van der Waals surface area contributed by atoms with E-state index in [-0.39, 0.29) is 23.0 Å². The van der Waals surface area contributed by atoms with Gasteiger partial charge in [-0.2, -0.15) is 4.31 Å². The molecule has 2 aromatic carbocycles. The summed E-state index contributed by atoms with van der Waals surface area (Å²) in [6.45, 7) is 3.91. The molecule has 0 aliphatic heterocycles. The number of benzene rings is 2. The first-order valence-electron chi connectivity index (χ1n) is 8.70. The second kappa shape index (κ2) is 7.21. The Morgan fingerprint density at radius 1 is 1.19 bits per heavy atom. The Bertz CT molecular complexity index is 905. The highest BCUT2D eigenvalue weighted by Crippen LogP contribution is 2.38. The molecule has 0 aromatic heterocycles. The quantitative estimate of drug-likeness (QED) is 0.803. The van der Waals surface area contributed by atoms with Crippen molar-refractivity contribution in [1.82, 2.24) is 4.31 Å². The molecule has 0 spiro atoms. The molecule has 26 heavy (non-hydrogen) atoms. The van der Waals surface area contributed by atoms with Crippen LogP contribution in [0.5, 0.6) is 0 Å². The summed E-state index contributed by atoms with van der Waals surface area (Å²) in [5.41, 5.74) is 1.44. The molecule has 1 unspecified atom stereocenters. The Morgan fingerprint density at radius 2 is 1.85 bits per heavy atom. The fourth-order valence-electron chi connectivity index (χ4n) is 3.16. The second-order valence-corrected chi connectivity index (χ2v) is 8.76. The summed E-state index contributed by atoms with van der Waals surface area (Å²) in [5.74, 6) is -0.775. The molecule has 0 heterocycles. The molecule has 0 amide bonds. The van der Waals surface area contributed by atoms with Crippen LogP contribution in [-0.2, 0) is 16.6 Å². The van der Waals surface area contributed by atoms with E-state index in [1.165, 1.54) is 16.4 Å². The smallest absolute Gasteiger partial charge is 0.335 e. The molecule has 3 rings (SSSR count). The zero-order valence-electron chi connectivity index (χ0n) is 14.9. The predicted molar refractivity (Wildman–Crippen MR) is 99.5 cm³/mol. The summed E-state index contributed by atoms with van der Waals surface area (Å²) in [4.78, 5) is 11.4. The molecule has 0 bridgehead atoms. The normalized spacial score (nSPS) is 15.8. The van der Waals surface area contributed by atoms with Crippen LogP contribution in [0.2, 0.25) is 0 Å². The number of aromatic carboxylic acids is 1. The van der Waals surface area contributed by atoms with E-state index in [9.17, 15) is 18.3 Å².